The highest BCUT2D eigenvalue weighted by Crippen LogP contribution is 2.31. The lowest BCUT2D eigenvalue weighted by molar-refractivity contribution is 0.575. The van der Waals surface area contributed by atoms with E-state index in [0.29, 0.717) is 0 Å². The van der Waals surface area contributed by atoms with Crippen molar-refractivity contribution in [3.63, 3.8) is 0 Å². The van der Waals surface area contributed by atoms with Gasteiger partial charge in [0.1, 0.15) is 4.60 Å². The number of pyridine rings is 1. The molecule has 0 saturated heterocycles. The van der Waals surface area contributed by atoms with Crippen LogP contribution in [-0.2, 0) is 0 Å². The largest absolute Gasteiger partial charge is 0.396 e. The Labute approximate surface area is 79.2 Å². The standard InChI is InChI=1S/C5H4Br2FN3/c6-1-2(9)3(10)4(7)11-5(1)8/h10H2,(H2,9,11). The molecule has 0 aliphatic heterocycles. The molecule has 11 heavy (non-hydrogen) atoms. The predicted octanol–water partition coefficient (Wildman–Crippen LogP) is 1.91. The summed E-state index contributed by atoms with van der Waals surface area (Å²) in [6.45, 7) is 0. The summed E-state index contributed by atoms with van der Waals surface area (Å²) in [6.07, 6.45) is 0. The molecule has 0 bridgehead atoms. The lowest BCUT2D eigenvalue weighted by Crippen LogP contribution is -2.01. The molecule has 3 nitrogen and oxygen atoms in total. The van der Waals surface area contributed by atoms with Gasteiger partial charge in [-0.15, -0.1) is 0 Å². The number of nitrogen functional groups attached to an aromatic ring is 2. The highest BCUT2D eigenvalue weighted by molar-refractivity contribution is 9.11. The third-order valence-electron chi connectivity index (χ3n) is 1.13. The van der Waals surface area contributed by atoms with E-state index >= 15 is 0 Å². The summed E-state index contributed by atoms with van der Waals surface area (Å²) in [5.41, 5.74) is 11.2. The number of anilines is 2. The number of aromatic nitrogens is 1. The van der Waals surface area contributed by atoms with Crippen molar-refractivity contribution in [3.8, 4) is 0 Å². The van der Waals surface area contributed by atoms with E-state index in [9.17, 15) is 4.39 Å². The first kappa shape index (κ1) is 8.73. The van der Waals surface area contributed by atoms with Gasteiger partial charge in [0.25, 0.3) is 0 Å². The van der Waals surface area contributed by atoms with E-state index in [1.807, 2.05) is 0 Å². The van der Waals surface area contributed by atoms with E-state index in [1.54, 1.807) is 0 Å². The van der Waals surface area contributed by atoms with Crippen molar-refractivity contribution < 1.29 is 4.39 Å². The van der Waals surface area contributed by atoms with Crippen LogP contribution < -0.4 is 11.5 Å². The van der Waals surface area contributed by atoms with Crippen molar-refractivity contribution in [3.05, 3.63) is 15.0 Å². The molecule has 0 unspecified atom stereocenters. The van der Waals surface area contributed by atoms with Crippen LogP contribution in [0.15, 0.2) is 9.08 Å². The molecule has 0 amide bonds. The van der Waals surface area contributed by atoms with Crippen LogP contribution >= 0.6 is 31.9 Å². The average Bonchev–Trinajstić information content (AvgIpc) is 1.97. The van der Waals surface area contributed by atoms with Gasteiger partial charge in [0.2, 0.25) is 5.95 Å². The minimum Gasteiger partial charge on any atom is -0.396 e. The third kappa shape index (κ3) is 1.46. The number of nitrogens with zero attached hydrogens (tertiary/aromatic N) is 1. The van der Waals surface area contributed by atoms with Gasteiger partial charge in [-0.1, -0.05) is 0 Å². The summed E-state index contributed by atoms with van der Waals surface area (Å²) < 4.78 is 13.0. The third-order valence-corrected chi connectivity index (χ3v) is 2.49. The summed E-state index contributed by atoms with van der Waals surface area (Å²) in [7, 11) is 0. The lowest BCUT2D eigenvalue weighted by Gasteiger charge is -2.04. The van der Waals surface area contributed by atoms with Crippen LogP contribution in [0.25, 0.3) is 0 Å². The molecule has 0 aromatic carbocycles. The van der Waals surface area contributed by atoms with Gasteiger partial charge >= 0.3 is 0 Å². The van der Waals surface area contributed by atoms with Crippen molar-refractivity contribution >= 4 is 43.2 Å². The van der Waals surface area contributed by atoms with Crippen molar-refractivity contribution in [2.75, 3.05) is 11.5 Å². The first-order valence-electron chi connectivity index (χ1n) is 2.59. The second-order valence-electron chi connectivity index (χ2n) is 1.83. The topological polar surface area (TPSA) is 64.9 Å². The van der Waals surface area contributed by atoms with E-state index in [4.69, 9.17) is 11.5 Å². The number of hydrogen-bond acceptors (Lipinski definition) is 3. The van der Waals surface area contributed by atoms with Crippen molar-refractivity contribution in [1.82, 2.24) is 4.98 Å². The zero-order valence-corrected chi connectivity index (χ0v) is 8.41. The molecule has 0 aliphatic carbocycles. The number of rotatable bonds is 0. The second-order valence-corrected chi connectivity index (χ2v) is 3.38. The van der Waals surface area contributed by atoms with Gasteiger partial charge in [0, 0.05) is 0 Å². The molecule has 0 fully saturated rings. The van der Waals surface area contributed by atoms with Crippen LogP contribution in [-0.4, -0.2) is 4.98 Å². The lowest BCUT2D eigenvalue weighted by atomic mass is 10.4. The first-order valence-corrected chi connectivity index (χ1v) is 4.18. The molecule has 6 heteroatoms. The maximum atomic E-state index is 12.7. The fourth-order valence-corrected chi connectivity index (χ4v) is 1.21. The smallest absolute Gasteiger partial charge is 0.230 e. The molecule has 1 rings (SSSR count). The minimum absolute atomic E-state index is 0.0956. The first-order chi connectivity index (χ1) is 5.04. The van der Waals surface area contributed by atoms with Gasteiger partial charge in [0.05, 0.1) is 15.8 Å². The van der Waals surface area contributed by atoms with E-state index in [2.05, 4.69) is 36.8 Å². The van der Waals surface area contributed by atoms with Crippen LogP contribution in [0, 0.1) is 5.95 Å². The minimum atomic E-state index is -0.677. The van der Waals surface area contributed by atoms with Gasteiger partial charge in [-0.25, -0.2) is 4.98 Å². The molecule has 1 aromatic rings. The summed E-state index contributed by atoms with van der Waals surface area (Å²) in [5, 5.41) is 0. The van der Waals surface area contributed by atoms with Crippen molar-refractivity contribution in [2.45, 2.75) is 0 Å². The Morgan fingerprint density at radius 1 is 1.18 bits per heavy atom. The Kier molecular flexibility index (Phi) is 2.34. The Hall–Kier alpha value is -0.360. The van der Waals surface area contributed by atoms with E-state index in [1.165, 1.54) is 0 Å². The maximum absolute atomic E-state index is 12.7. The molecule has 0 atom stereocenters. The number of hydrogen-bond donors (Lipinski definition) is 2. The molecule has 4 N–H and O–H groups in total. The predicted molar refractivity (Wildman–Crippen MR) is 48.4 cm³/mol. The molecular formula is C5H4Br2FN3. The van der Waals surface area contributed by atoms with Gasteiger partial charge in [0.15, 0.2) is 0 Å². The van der Waals surface area contributed by atoms with E-state index in [0.717, 1.165) is 0 Å². The Morgan fingerprint density at radius 2 is 1.73 bits per heavy atom. The summed E-state index contributed by atoms with van der Waals surface area (Å²) in [6, 6.07) is 0. The highest BCUT2D eigenvalue weighted by atomic mass is 79.9. The molecular weight excluding hydrogens is 281 g/mol. The molecule has 0 aliphatic rings. The van der Waals surface area contributed by atoms with E-state index < -0.39 is 5.95 Å². The second kappa shape index (κ2) is 2.94. The number of nitrogens with two attached hydrogens (primary N) is 2. The fourth-order valence-electron chi connectivity index (χ4n) is 0.536. The monoisotopic (exact) mass is 283 g/mol. The molecule has 0 saturated carbocycles. The van der Waals surface area contributed by atoms with Crippen LogP contribution in [0.1, 0.15) is 0 Å². The van der Waals surface area contributed by atoms with Crippen LogP contribution in [0.3, 0.4) is 0 Å². The van der Waals surface area contributed by atoms with Crippen LogP contribution in [0.4, 0.5) is 15.8 Å². The van der Waals surface area contributed by atoms with Gasteiger partial charge < -0.3 is 11.5 Å². The Bertz CT molecular complexity index is 276. The van der Waals surface area contributed by atoms with Gasteiger partial charge in [-0.05, 0) is 31.9 Å². The molecule has 0 spiro atoms. The SMILES string of the molecule is Nc1c(Br)nc(F)c(Br)c1N. The summed E-state index contributed by atoms with van der Waals surface area (Å²) in [5.74, 6) is -0.677. The molecule has 1 aromatic heterocycles. The fraction of sp³-hybridized carbons (Fsp3) is 0. The average molecular weight is 285 g/mol. The van der Waals surface area contributed by atoms with Crippen LogP contribution in [0.2, 0.25) is 0 Å². The van der Waals surface area contributed by atoms with Gasteiger partial charge in [-0.3, -0.25) is 0 Å². The normalized spacial score (nSPS) is 10.1. The molecule has 0 radical (unpaired) electrons. The van der Waals surface area contributed by atoms with Crippen LogP contribution in [0.5, 0.6) is 0 Å². The molecule has 1 heterocycles. The Morgan fingerprint density at radius 3 is 2.27 bits per heavy atom. The Balaban J connectivity index is 3.46. The van der Waals surface area contributed by atoms with Crippen molar-refractivity contribution in [2.24, 2.45) is 0 Å². The zero-order chi connectivity index (χ0) is 8.59. The summed E-state index contributed by atoms with van der Waals surface area (Å²) in [4.78, 5) is 3.43. The summed E-state index contributed by atoms with van der Waals surface area (Å²) >= 11 is 5.85. The zero-order valence-electron chi connectivity index (χ0n) is 5.24. The quantitative estimate of drug-likeness (QED) is 0.715. The molecule has 60 valence electrons. The van der Waals surface area contributed by atoms with Crippen molar-refractivity contribution in [1.29, 1.82) is 0 Å². The highest BCUT2D eigenvalue weighted by Gasteiger charge is 2.11. The number of halogens is 3. The maximum Gasteiger partial charge on any atom is 0.230 e. The van der Waals surface area contributed by atoms with Gasteiger partial charge in [-0.2, -0.15) is 4.39 Å². The van der Waals surface area contributed by atoms with E-state index in [-0.39, 0.29) is 20.5 Å².